The molecule has 32 heavy (non-hydrogen) atoms. The second-order valence-electron chi connectivity index (χ2n) is 6.56. The van der Waals surface area contributed by atoms with Crippen molar-refractivity contribution in [3.8, 4) is 11.5 Å². The van der Waals surface area contributed by atoms with Gasteiger partial charge < -0.3 is 18.6 Å². The van der Waals surface area contributed by atoms with Crippen LogP contribution in [0.3, 0.4) is 0 Å². The van der Waals surface area contributed by atoms with Gasteiger partial charge in [0.25, 0.3) is 0 Å². The quantitative estimate of drug-likeness (QED) is 0.204. The van der Waals surface area contributed by atoms with Crippen LogP contribution in [-0.4, -0.2) is 38.9 Å². The third-order valence-electron chi connectivity index (χ3n) is 4.38. The Morgan fingerprint density at radius 3 is 2.75 bits per heavy atom. The van der Waals surface area contributed by atoms with Gasteiger partial charge >= 0.3 is 11.9 Å². The molecule has 1 heterocycles. The highest BCUT2D eigenvalue weighted by molar-refractivity contribution is 9.10. The number of nitrogens with one attached hydrogen (secondary N) is 1. The average Bonchev–Trinajstić information content (AvgIpc) is 3.21. The maximum Gasteiger partial charge on any atom is 0.343 e. The normalized spacial score (nSPS) is 10.8. The summed E-state index contributed by atoms with van der Waals surface area (Å²) in [4.78, 5) is 23.8. The molecule has 0 saturated carbocycles. The van der Waals surface area contributed by atoms with E-state index in [0.717, 1.165) is 15.4 Å². The lowest BCUT2D eigenvalue weighted by atomic mass is 10.1. The van der Waals surface area contributed by atoms with Gasteiger partial charge in [-0.15, -0.1) is 6.58 Å². The number of allylic oxidation sites excluding steroid dienone is 1. The van der Waals surface area contributed by atoms with E-state index in [9.17, 15) is 9.59 Å². The molecule has 0 spiro atoms. The van der Waals surface area contributed by atoms with E-state index < -0.39 is 11.9 Å². The van der Waals surface area contributed by atoms with E-state index >= 15 is 0 Å². The average molecular weight is 501 g/mol. The van der Waals surface area contributed by atoms with Crippen molar-refractivity contribution in [1.29, 1.82) is 0 Å². The maximum atomic E-state index is 12.4. The Kier molecular flexibility index (Phi) is 7.67. The Balaban J connectivity index is 1.77. The monoisotopic (exact) mass is 500 g/mol. The molecule has 0 atom stereocenters. The van der Waals surface area contributed by atoms with E-state index in [2.05, 4.69) is 37.8 Å². The van der Waals surface area contributed by atoms with Gasteiger partial charge in [-0.3, -0.25) is 4.79 Å². The summed E-state index contributed by atoms with van der Waals surface area (Å²) >= 11 is 3.39. The van der Waals surface area contributed by atoms with E-state index in [1.165, 1.54) is 20.4 Å². The highest BCUT2D eigenvalue weighted by Crippen LogP contribution is 2.33. The third kappa shape index (κ3) is 5.55. The van der Waals surface area contributed by atoms with Crippen LogP contribution in [0.1, 0.15) is 21.7 Å². The number of nitrogens with zero attached hydrogens (tertiary/aromatic N) is 1. The summed E-state index contributed by atoms with van der Waals surface area (Å²) in [5, 5.41) is 4.81. The van der Waals surface area contributed by atoms with Crippen LogP contribution in [-0.2, 0) is 16.0 Å². The lowest BCUT2D eigenvalue weighted by molar-refractivity contribution is -0.142. The lowest BCUT2D eigenvalue weighted by Gasteiger charge is -2.15. The Hall–Kier alpha value is -3.59. The van der Waals surface area contributed by atoms with Gasteiger partial charge in [-0.2, -0.15) is 5.10 Å². The molecule has 166 valence electrons. The molecule has 3 aromatic rings. The molecule has 0 saturated heterocycles. The van der Waals surface area contributed by atoms with Gasteiger partial charge in [0.15, 0.2) is 23.9 Å². The molecule has 0 bridgehead atoms. The first-order valence-electron chi connectivity index (χ1n) is 9.49. The first-order chi connectivity index (χ1) is 15.4. The number of hydrogen-bond donors (Lipinski definition) is 1. The fraction of sp³-hybridized carbons (Fsp3) is 0.174. The second-order valence-corrected chi connectivity index (χ2v) is 7.48. The summed E-state index contributed by atoms with van der Waals surface area (Å²) in [6, 6.07) is 10.6. The van der Waals surface area contributed by atoms with Crippen LogP contribution in [0.15, 0.2) is 63.0 Å². The summed E-state index contributed by atoms with van der Waals surface area (Å²) in [6.07, 6.45) is 3.63. The SMILES string of the molecule is C=CCc1cc(/C=N/NC(=O)c2cc3cc(Br)ccc3o2)cc(OC)c1OCC(=O)OC. The number of amides is 1. The molecule has 0 aliphatic rings. The van der Waals surface area contributed by atoms with Crippen molar-refractivity contribution in [2.24, 2.45) is 5.10 Å². The zero-order valence-electron chi connectivity index (χ0n) is 17.5. The Bertz CT molecular complexity index is 1180. The Labute approximate surface area is 193 Å². The number of furan rings is 1. The number of benzene rings is 2. The molecule has 0 aliphatic heterocycles. The van der Waals surface area contributed by atoms with Crippen molar-refractivity contribution in [2.75, 3.05) is 20.8 Å². The van der Waals surface area contributed by atoms with Crippen molar-refractivity contribution in [3.63, 3.8) is 0 Å². The predicted molar refractivity (Wildman–Crippen MR) is 123 cm³/mol. The fourth-order valence-electron chi connectivity index (χ4n) is 2.92. The molecule has 1 amide bonds. The molecule has 0 unspecified atom stereocenters. The number of ether oxygens (including phenoxy) is 3. The topological polar surface area (TPSA) is 99.4 Å². The van der Waals surface area contributed by atoms with Gasteiger partial charge in [-0.05, 0) is 48.4 Å². The number of hydrazone groups is 1. The molecule has 0 fully saturated rings. The molecule has 1 N–H and O–H groups in total. The fourth-order valence-corrected chi connectivity index (χ4v) is 3.30. The number of rotatable bonds is 9. The second kappa shape index (κ2) is 10.6. The maximum absolute atomic E-state index is 12.4. The molecule has 2 aromatic carbocycles. The third-order valence-corrected chi connectivity index (χ3v) is 4.88. The standard InChI is InChI=1S/C23H21BrN2O6/c1-4-5-15-8-14(9-19(29-2)22(15)31-13-21(27)30-3)12-25-26-23(28)20-11-16-10-17(24)6-7-18(16)32-20/h4,6-12H,1,5,13H2,2-3H3,(H,26,28)/b25-12+. The van der Waals surface area contributed by atoms with Crippen molar-refractivity contribution < 1.29 is 28.2 Å². The zero-order chi connectivity index (χ0) is 23.1. The van der Waals surface area contributed by atoms with Gasteiger partial charge in [0.05, 0.1) is 20.4 Å². The molecule has 8 nitrogen and oxygen atoms in total. The molecular formula is C23H21BrN2O6. The van der Waals surface area contributed by atoms with E-state index in [-0.39, 0.29) is 12.4 Å². The lowest BCUT2D eigenvalue weighted by Crippen LogP contribution is -2.16. The van der Waals surface area contributed by atoms with E-state index in [4.69, 9.17) is 13.9 Å². The molecule has 3 rings (SSSR count). The molecule has 0 aliphatic carbocycles. The summed E-state index contributed by atoms with van der Waals surface area (Å²) < 4.78 is 22.0. The number of carbonyl (C=O) groups is 2. The highest BCUT2D eigenvalue weighted by Gasteiger charge is 2.15. The van der Waals surface area contributed by atoms with Crippen LogP contribution in [0.25, 0.3) is 11.0 Å². The largest absolute Gasteiger partial charge is 0.493 e. The number of fused-ring (bicyclic) bond motifs is 1. The summed E-state index contributed by atoms with van der Waals surface area (Å²) in [5.41, 5.74) is 4.43. The van der Waals surface area contributed by atoms with Crippen molar-refractivity contribution in [1.82, 2.24) is 5.43 Å². The van der Waals surface area contributed by atoms with Crippen LogP contribution in [0.2, 0.25) is 0 Å². The molecular weight excluding hydrogens is 480 g/mol. The Morgan fingerprint density at radius 1 is 1.22 bits per heavy atom. The number of methoxy groups -OCH3 is 2. The molecule has 9 heteroatoms. The summed E-state index contributed by atoms with van der Waals surface area (Å²) in [5.74, 6) is -0.0316. The number of esters is 1. The molecule has 0 radical (unpaired) electrons. The van der Waals surface area contributed by atoms with Gasteiger partial charge in [-0.25, -0.2) is 10.2 Å². The predicted octanol–water partition coefficient (Wildman–Crippen LogP) is 4.25. The number of halogens is 1. The first-order valence-corrected chi connectivity index (χ1v) is 10.3. The number of carbonyl (C=O) groups excluding carboxylic acids is 2. The zero-order valence-corrected chi connectivity index (χ0v) is 19.1. The van der Waals surface area contributed by atoms with E-state index in [0.29, 0.717) is 29.1 Å². The van der Waals surface area contributed by atoms with Gasteiger partial charge in [0.1, 0.15) is 5.58 Å². The minimum atomic E-state index is -0.511. The van der Waals surface area contributed by atoms with Gasteiger partial charge in [0.2, 0.25) is 0 Å². The summed E-state index contributed by atoms with van der Waals surface area (Å²) in [7, 11) is 2.77. The molecule has 1 aromatic heterocycles. The Morgan fingerprint density at radius 2 is 2.03 bits per heavy atom. The first kappa shape index (κ1) is 23.1. The van der Waals surface area contributed by atoms with Crippen molar-refractivity contribution >= 4 is 45.0 Å². The van der Waals surface area contributed by atoms with Crippen LogP contribution in [0.4, 0.5) is 0 Å². The van der Waals surface area contributed by atoms with Crippen LogP contribution in [0.5, 0.6) is 11.5 Å². The minimum Gasteiger partial charge on any atom is -0.493 e. The smallest absolute Gasteiger partial charge is 0.343 e. The van der Waals surface area contributed by atoms with Crippen molar-refractivity contribution in [2.45, 2.75) is 6.42 Å². The van der Waals surface area contributed by atoms with Gasteiger partial charge in [0, 0.05) is 15.4 Å². The van der Waals surface area contributed by atoms with Crippen LogP contribution >= 0.6 is 15.9 Å². The van der Waals surface area contributed by atoms with E-state index in [1.54, 1.807) is 30.3 Å². The van der Waals surface area contributed by atoms with Crippen LogP contribution < -0.4 is 14.9 Å². The van der Waals surface area contributed by atoms with E-state index in [1.807, 2.05) is 12.1 Å². The number of hydrogen-bond acceptors (Lipinski definition) is 7. The summed E-state index contributed by atoms with van der Waals surface area (Å²) in [6.45, 7) is 3.49. The van der Waals surface area contributed by atoms with Crippen LogP contribution in [0, 0.1) is 0 Å². The van der Waals surface area contributed by atoms with Gasteiger partial charge in [-0.1, -0.05) is 22.0 Å². The van der Waals surface area contributed by atoms with Crippen molar-refractivity contribution in [3.05, 3.63) is 70.4 Å². The highest BCUT2D eigenvalue weighted by atomic mass is 79.9. The minimum absolute atomic E-state index is 0.145.